The van der Waals surface area contributed by atoms with Crippen LogP contribution in [0.5, 0.6) is 0 Å². The van der Waals surface area contributed by atoms with Crippen molar-refractivity contribution < 1.29 is 4.42 Å². The number of anilines is 1. The first-order valence-electron chi connectivity index (χ1n) is 5.37. The van der Waals surface area contributed by atoms with Gasteiger partial charge in [-0.3, -0.25) is 0 Å². The van der Waals surface area contributed by atoms with E-state index >= 15 is 0 Å². The minimum atomic E-state index is 0.283. The van der Waals surface area contributed by atoms with E-state index in [0.717, 1.165) is 16.8 Å². The van der Waals surface area contributed by atoms with E-state index < -0.39 is 0 Å². The van der Waals surface area contributed by atoms with Crippen LogP contribution < -0.4 is 5.32 Å². The van der Waals surface area contributed by atoms with Crippen molar-refractivity contribution in [2.45, 2.75) is 19.9 Å². The molecule has 2 aromatic rings. The van der Waals surface area contributed by atoms with Crippen LogP contribution in [0.15, 0.2) is 29.0 Å². The molecule has 2 atom stereocenters. The molecule has 0 saturated heterocycles. The zero-order valence-electron chi connectivity index (χ0n) is 9.40. The summed E-state index contributed by atoms with van der Waals surface area (Å²) in [6.45, 7) is 4.22. The number of pyridine rings is 1. The van der Waals surface area contributed by atoms with Gasteiger partial charge < -0.3 is 9.73 Å². The molecule has 1 N–H and O–H groups in total. The maximum absolute atomic E-state index is 5.83. The monoisotopic (exact) mass is 238 g/mol. The molecule has 0 aliphatic rings. The van der Waals surface area contributed by atoms with Crippen LogP contribution in [0.1, 0.15) is 13.8 Å². The number of nitrogens with zero attached hydrogens (tertiary/aromatic N) is 1. The molecular weight excluding hydrogens is 224 g/mol. The molecule has 0 aliphatic carbocycles. The molecule has 2 unspecified atom stereocenters. The molecule has 0 amide bonds. The normalized spacial score (nSPS) is 14.9. The molecule has 2 rings (SSSR count). The topological polar surface area (TPSA) is 38.1 Å². The van der Waals surface area contributed by atoms with Gasteiger partial charge in [0.05, 0.1) is 11.6 Å². The van der Waals surface area contributed by atoms with Gasteiger partial charge in [0.1, 0.15) is 11.4 Å². The van der Waals surface area contributed by atoms with Crippen LogP contribution in [-0.2, 0) is 0 Å². The quantitative estimate of drug-likeness (QED) is 0.829. The number of nitrogens with one attached hydrogen (secondary N) is 1. The molecule has 0 saturated carbocycles. The summed E-state index contributed by atoms with van der Waals surface area (Å²) in [6, 6.07) is 4.06. The van der Waals surface area contributed by atoms with E-state index in [4.69, 9.17) is 16.0 Å². The Bertz CT molecular complexity index is 469. The van der Waals surface area contributed by atoms with Gasteiger partial charge >= 0.3 is 0 Å². The smallest absolute Gasteiger partial charge is 0.139 e. The van der Waals surface area contributed by atoms with E-state index in [2.05, 4.69) is 24.1 Å². The number of fused-ring (bicyclic) bond motifs is 1. The summed E-state index contributed by atoms with van der Waals surface area (Å²) in [5, 5.41) is 4.38. The minimum Gasteiger partial charge on any atom is -0.464 e. The highest BCUT2D eigenvalue weighted by molar-refractivity contribution is 6.18. The highest BCUT2D eigenvalue weighted by atomic mass is 35.5. The number of halogens is 1. The molecule has 3 nitrogen and oxygen atoms in total. The first-order valence-corrected chi connectivity index (χ1v) is 5.90. The maximum atomic E-state index is 5.83. The van der Waals surface area contributed by atoms with Gasteiger partial charge in [-0.2, -0.15) is 0 Å². The first kappa shape index (κ1) is 11.3. The molecule has 2 heterocycles. The van der Waals surface area contributed by atoms with Gasteiger partial charge in [0.25, 0.3) is 0 Å². The van der Waals surface area contributed by atoms with Gasteiger partial charge in [0, 0.05) is 18.1 Å². The third-order valence-electron chi connectivity index (χ3n) is 2.84. The third kappa shape index (κ3) is 2.14. The molecule has 0 radical (unpaired) electrons. The van der Waals surface area contributed by atoms with E-state index in [1.807, 2.05) is 12.1 Å². The van der Waals surface area contributed by atoms with Crippen LogP contribution in [0.3, 0.4) is 0 Å². The predicted molar refractivity (Wildman–Crippen MR) is 67.0 cm³/mol. The molecule has 16 heavy (non-hydrogen) atoms. The number of hydrogen-bond donors (Lipinski definition) is 1. The molecule has 2 aromatic heterocycles. The lowest BCUT2D eigenvalue weighted by atomic mass is 10.1. The van der Waals surface area contributed by atoms with Crippen molar-refractivity contribution in [3.63, 3.8) is 0 Å². The molecule has 0 bridgehead atoms. The Morgan fingerprint density at radius 3 is 3.00 bits per heavy atom. The first-order chi connectivity index (χ1) is 7.72. The van der Waals surface area contributed by atoms with Crippen LogP contribution in [0.4, 0.5) is 5.82 Å². The zero-order chi connectivity index (χ0) is 11.5. The SMILES string of the molecule is CC(CCl)C(C)Nc1nccc2occc12. The van der Waals surface area contributed by atoms with Crippen molar-refractivity contribution in [2.75, 3.05) is 11.2 Å². The number of hydrogen-bond acceptors (Lipinski definition) is 3. The number of aromatic nitrogens is 1. The van der Waals surface area contributed by atoms with Crippen molar-refractivity contribution >= 4 is 28.4 Å². The fraction of sp³-hybridized carbons (Fsp3) is 0.417. The van der Waals surface area contributed by atoms with Crippen molar-refractivity contribution in [1.29, 1.82) is 0 Å². The van der Waals surface area contributed by atoms with E-state index in [-0.39, 0.29) is 6.04 Å². The van der Waals surface area contributed by atoms with Crippen LogP contribution in [0.2, 0.25) is 0 Å². The van der Waals surface area contributed by atoms with E-state index in [1.165, 1.54) is 0 Å². The Kier molecular flexibility index (Phi) is 3.34. The lowest BCUT2D eigenvalue weighted by Gasteiger charge is -2.19. The molecular formula is C12H15ClN2O. The Morgan fingerprint density at radius 2 is 2.25 bits per heavy atom. The van der Waals surface area contributed by atoms with Crippen molar-refractivity contribution in [2.24, 2.45) is 5.92 Å². The van der Waals surface area contributed by atoms with Crippen molar-refractivity contribution in [3.8, 4) is 0 Å². The summed E-state index contributed by atoms with van der Waals surface area (Å²) in [5.41, 5.74) is 0.850. The van der Waals surface area contributed by atoms with Crippen LogP contribution in [0.25, 0.3) is 11.0 Å². The number of furan rings is 1. The van der Waals surface area contributed by atoms with Gasteiger partial charge in [0.2, 0.25) is 0 Å². The van der Waals surface area contributed by atoms with E-state index in [9.17, 15) is 0 Å². The molecule has 4 heteroatoms. The average Bonchev–Trinajstić information content (AvgIpc) is 2.77. The van der Waals surface area contributed by atoms with Gasteiger partial charge in [0.15, 0.2) is 0 Å². The second-order valence-corrected chi connectivity index (χ2v) is 4.37. The Balaban J connectivity index is 2.23. The van der Waals surface area contributed by atoms with Crippen molar-refractivity contribution in [3.05, 3.63) is 24.6 Å². The highest BCUT2D eigenvalue weighted by Gasteiger charge is 2.13. The molecule has 0 fully saturated rings. The number of alkyl halides is 1. The second kappa shape index (κ2) is 4.74. The van der Waals surface area contributed by atoms with Crippen molar-refractivity contribution in [1.82, 2.24) is 4.98 Å². The Morgan fingerprint density at radius 1 is 1.44 bits per heavy atom. The van der Waals surface area contributed by atoms with Crippen LogP contribution in [0, 0.1) is 5.92 Å². The van der Waals surface area contributed by atoms with Gasteiger partial charge in [-0.1, -0.05) is 6.92 Å². The largest absolute Gasteiger partial charge is 0.464 e. The highest BCUT2D eigenvalue weighted by Crippen LogP contribution is 2.23. The zero-order valence-corrected chi connectivity index (χ0v) is 10.2. The Hall–Kier alpha value is -1.22. The molecule has 0 aliphatic heterocycles. The minimum absolute atomic E-state index is 0.283. The second-order valence-electron chi connectivity index (χ2n) is 4.06. The predicted octanol–water partition coefficient (Wildman–Crippen LogP) is 3.50. The van der Waals surface area contributed by atoms with Gasteiger partial charge in [-0.25, -0.2) is 4.98 Å². The Labute approximate surface area is 99.8 Å². The maximum Gasteiger partial charge on any atom is 0.139 e. The van der Waals surface area contributed by atoms with Gasteiger partial charge in [-0.05, 0) is 25.0 Å². The van der Waals surface area contributed by atoms with E-state index in [0.29, 0.717) is 11.8 Å². The summed E-state index contributed by atoms with van der Waals surface area (Å²) in [4.78, 5) is 4.32. The number of rotatable bonds is 4. The molecule has 0 spiro atoms. The van der Waals surface area contributed by atoms with Gasteiger partial charge in [-0.15, -0.1) is 11.6 Å². The molecule has 0 aromatic carbocycles. The lowest BCUT2D eigenvalue weighted by molar-refractivity contribution is 0.564. The third-order valence-corrected chi connectivity index (χ3v) is 3.33. The summed E-state index contributed by atoms with van der Waals surface area (Å²) in [5.74, 6) is 1.89. The fourth-order valence-electron chi connectivity index (χ4n) is 1.50. The van der Waals surface area contributed by atoms with Crippen LogP contribution >= 0.6 is 11.6 Å². The fourth-order valence-corrected chi connectivity index (χ4v) is 1.77. The standard InChI is InChI=1S/C12H15ClN2O/c1-8(7-13)9(2)15-12-10-4-6-16-11(10)3-5-14-12/h3-6,8-9H,7H2,1-2H3,(H,14,15). The lowest BCUT2D eigenvalue weighted by Crippen LogP contribution is -2.25. The summed E-state index contributed by atoms with van der Waals surface area (Å²) in [6.07, 6.45) is 3.42. The summed E-state index contributed by atoms with van der Waals surface area (Å²) in [7, 11) is 0. The molecule has 86 valence electrons. The van der Waals surface area contributed by atoms with Crippen LogP contribution in [-0.4, -0.2) is 16.9 Å². The summed E-state index contributed by atoms with van der Waals surface area (Å²) < 4.78 is 5.32. The van der Waals surface area contributed by atoms with E-state index in [1.54, 1.807) is 12.5 Å². The average molecular weight is 239 g/mol. The summed E-state index contributed by atoms with van der Waals surface area (Å²) >= 11 is 5.83.